The lowest BCUT2D eigenvalue weighted by atomic mass is 10.0. The minimum Gasteiger partial charge on any atom is -0.391 e. The van der Waals surface area contributed by atoms with Gasteiger partial charge in [0.1, 0.15) is 6.04 Å². The molecular weight excluding hydrogens is 411 g/mol. The third-order valence-electron chi connectivity index (χ3n) is 5.33. The normalized spacial score (nSPS) is 19.0. The quantitative estimate of drug-likeness (QED) is 0.520. The van der Waals surface area contributed by atoms with Gasteiger partial charge in [-0.15, -0.1) is 0 Å². The van der Waals surface area contributed by atoms with Gasteiger partial charge in [-0.25, -0.2) is 0 Å². The van der Waals surface area contributed by atoms with Crippen LogP contribution in [0.2, 0.25) is 0 Å². The second-order valence-corrected chi connectivity index (χ2v) is 8.40. The second-order valence-electron chi connectivity index (χ2n) is 8.40. The summed E-state index contributed by atoms with van der Waals surface area (Å²) in [5.74, 6) is -0.639. The topological polar surface area (TPSA) is 81.7 Å². The molecule has 1 aliphatic heterocycles. The van der Waals surface area contributed by atoms with Gasteiger partial charge in [-0.2, -0.15) is 13.2 Å². The van der Waals surface area contributed by atoms with Crippen molar-refractivity contribution >= 4 is 11.8 Å². The molecule has 1 aromatic carbocycles. The number of carbonyl (C=O) groups is 2. The Hall–Kier alpha value is -2.13. The highest BCUT2D eigenvalue weighted by molar-refractivity contribution is 5.98. The van der Waals surface area contributed by atoms with Crippen molar-refractivity contribution in [2.75, 3.05) is 19.6 Å². The van der Waals surface area contributed by atoms with Crippen LogP contribution in [0.5, 0.6) is 0 Å². The van der Waals surface area contributed by atoms with Crippen molar-refractivity contribution in [3.8, 4) is 0 Å². The van der Waals surface area contributed by atoms with Crippen LogP contribution < -0.4 is 10.6 Å². The van der Waals surface area contributed by atoms with Crippen LogP contribution in [0.4, 0.5) is 13.2 Å². The molecule has 0 aliphatic carbocycles. The minimum absolute atomic E-state index is 0.151. The maximum Gasteiger partial charge on any atom is 0.416 e. The molecule has 1 heterocycles. The molecule has 0 radical (unpaired) electrons. The number of aliphatic hydroxyl groups excluding tert-OH is 1. The second kappa shape index (κ2) is 10.9. The first-order valence-electron chi connectivity index (χ1n) is 10.7. The Labute approximate surface area is 181 Å². The van der Waals surface area contributed by atoms with Gasteiger partial charge in [-0.05, 0) is 43.5 Å². The van der Waals surface area contributed by atoms with Gasteiger partial charge < -0.3 is 20.6 Å². The van der Waals surface area contributed by atoms with E-state index in [-0.39, 0.29) is 11.5 Å². The van der Waals surface area contributed by atoms with Crippen molar-refractivity contribution in [1.29, 1.82) is 0 Å². The molecule has 1 unspecified atom stereocenters. The van der Waals surface area contributed by atoms with Gasteiger partial charge in [0.05, 0.1) is 17.7 Å². The zero-order valence-electron chi connectivity index (χ0n) is 18.2. The first-order valence-corrected chi connectivity index (χ1v) is 10.7. The Morgan fingerprint density at radius 3 is 2.61 bits per heavy atom. The molecule has 2 amide bonds. The molecule has 6 nitrogen and oxygen atoms in total. The number of benzene rings is 1. The fraction of sp³-hybridized carbons (Fsp3) is 0.636. The SMILES string of the molecule is CCC[C@H](O)[C@H](CNCC(C)C)N1CCC(NC(=O)c2cccc(C(F)(F)F)c2)C1=O. The third kappa shape index (κ3) is 6.93. The van der Waals surface area contributed by atoms with E-state index in [1.54, 1.807) is 4.90 Å². The molecule has 1 fully saturated rings. The van der Waals surface area contributed by atoms with Crippen LogP contribution in [0.25, 0.3) is 0 Å². The van der Waals surface area contributed by atoms with Gasteiger partial charge in [0.15, 0.2) is 0 Å². The summed E-state index contributed by atoms with van der Waals surface area (Å²) in [5, 5.41) is 16.4. The highest BCUT2D eigenvalue weighted by Crippen LogP contribution is 2.29. The summed E-state index contributed by atoms with van der Waals surface area (Å²) in [5.41, 5.74) is -1.07. The van der Waals surface area contributed by atoms with Gasteiger partial charge in [0.25, 0.3) is 5.91 Å². The van der Waals surface area contributed by atoms with Crippen LogP contribution in [-0.4, -0.2) is 59.6 Å². The van der Waals surface area contributed by atoms with E-state index in [9.17, 15) is 27.9 Å². The first-order chi connectivity index (χ1) is 14.5. The summed E-state index contributed by atoms with van der Waals surface area (Å²) in [6.07, 6.45) is -3.62. The summed E-state index contributed by atoms with van der Waals surface area (Å²) in [6.45, 7) is 7.61. The fourth-order valence-electron chi connectivity index (χ4n) is 3.71. The predicted molar refractivity (Wildman–Crippen MR) is 111 cm³/mol. The predicted octanol–water partition coefficient (Wildman–Crippen LogP) is 2.81. The zero-order valence-corrected chi connectivity index (χ0v) is 18.2. The highest BCUT2D eigenvalue weighted by atomic mass is 19.4. The molecular formula is C22H32F3N3O3. The van der Waals surface area contributed by atoms with Crippen molar-refractivity contribution in [3.05, 3.63) is 35.4 Å². The molecule has 174 valence electrons. The zero-order chi connectivity index (χ0) is 23.2. The summed E-state index contributed by atoms with van der Waals surface area (Å²) >= 11 is 0. The lowest BCUT2D eigenvalue weighted by Crippen LogP contribution is -2.53. The Morgan fingerprint density at radius 2 is 2.00 bits per heavy atom. The van der Waals surface area contributed by atoms with Crippen molar-refractivity contribution in [2.24, 2.45) is 5.92 Å². The number of hydrogen-bond acceptors (Lipinski definition) is 4. The van der Waals surface area contributed by atoms with Crippen LogP contribution in [0.15, 0.2) is 24.3 Å². The van der Waals surface area contributed by atoms with Gasteiger partial charge >= 0.3 is 6.18 Å². The van der Waals surface area contributed by atoms with E-state index in [0.717, 1.165) is 31.2 Å². The minimum atomic E-state index is -4.55. The Balaban J connectivity index is 2.06. The number of halogens is 3. The first kappa shape index (κ1) is 25.1. The molecule has 0 aromatic heterocycles. The lowest BCUT2D eigenvalue weighted by molar-refractivity contribution is -0.137. The third-order valence-corrected chi connectivity index (χ3v) is 5.33. The van der Waals surface area contributed by atoms with E-state index in [1.807, 2.05) is 6.92 Å². The van der Waals surface area contributed by atoms with E-state index in [0.29, 0.717) is 31.8 Å². The largest absolute Gasteiger partial charge is 0.416 e. The van der Waals surface area contributed by atoms with Gasteiger partial charge in [-0.3, -0.25) is 9.59 Å². The number of nitrogens with zero attached hydrogens (tertiary/aromatic N) is 1. The Bertz CT molecular complexity index is 755. The molecule has 0 saturated carbocycles. The monoisotopic (exact) mass is 443 g/mol. The van der Waals surface area contributed by atoms with E-state index in [4.69, 9.17) is 0 Å². The van der Waals surface area contributed by atoms with E-state index in [1.165, 1.54) is 6.07 Å². The van der Waals surface area contributed by atoms with E-state index < -0.39 is 35.8 Å². The Kier molecular flexibility index (Phi) is 8.88. The number of hydrogen-bond donors (Lipinski definition) is 3. The Morgan fingerprint density at radius 1 is 1.29 bits per heavy atom. The van der Waals surface area contributed by atoms with Crippen molar-refractivity contribution in [3.63, 3.8) is 0 Å². The molecule has 1 aromatic rings. The number of rotatable bonds is 10. The average molecular weight is 444 g/mol. The molecule has 3 atom stereocenters. The van der Waals surface area contributed by atoms with Crippen molar-refractivity contribution in [2.45, 2.75) is 64.4 Å². The van der Waals surface area contributed by atoms with Gasteiger partial charge in [0.2, 0.25) is 5.91 Å². The lowest BCUT2D eigenvalue weighted by Gasteiger charge is -2.32. The number of aliphatic hydroxyl groups is 1. The molecule has 0 bridgehead atoms. The van der Waals surface area contributed by atoms with Gasteiger partial charge in [-0.1, -0.05) is 33.3 Å². The van der Waals surface area contributed by atoms with E-state index in [2.05, 4.69) is 24.5 Å². The summed E-state index contributed by atoms with van der Waals surface area (Å²) in [6, 6.07) is 2.85. The van der Waals surface area contributed by atoms with Crippen LogP contribution in [0.1, 0.15) is 56.0 Å². The molecule has 2 rings (SSSR count). The van der Waals surface area contributed by atoms with Crippen LogP contribution in [0, 0.1) is 5.92 Å². The number of nitrogens with one attached hydrogen (secondary N) is 2. The average Bonchev–Trinajstić information content (AvgIpc) is 3.04. The number of likely N-dealkylation sites (tertiary alicyclic amines) is 1. The van der Waals surface area contributed by atoms with Crippen molar-refractivity contribution < 1.29 is 27.9 Å². The van der Waals surface area contributed by atoms with Crippen LogP contribution in [-0.2, 0) is 11.0 Å². The maximum atomic E-state index is 12.9. The standard InChI is InChI=1S/C22H32F3N3O3/c1-4-6-19(29)18(13-26-12-14(2)3)28-10-9-17(21(28)31)27-20(30)15-7-5-8-16(11-15)22(23,24)25/h5,7-8,11,14,17-19,26,29H,4,6,9-10,12-13H2,1-3H3,(H,27,30)/t17?,18-,19-/m0/s1. The molecule has 1 saturated heterocycles. The number of amides is 2. The molecule has 9 heteroatoms. The molecule has 0 spiro atoms. The van der Waals surface area contributed by atoms with Crippen LogP contribution >= 0.6 is 0 Å². The van der Waals surface area contributed by atoms with Crippen LogP contribution in [0.3, 0.4) is 0 Å². The van der Waals surface area contributed by atoms with Gasteiger partial charge in [0, 0.05) is 18.7 Å². The summed E-state index contributed by atoms with van der Waals surface area (Å²) in [4.78, 5) is 27.0. The summed E-state index contributed by atoms with van der Waals surface area (Å²) < 4.78 is 38.7. The molecule has 3 N–H and O–H groups in total. The maximum absolute atomic E-state index is 12.9. The van der Waals surface area contributed by atoms with E-state index >= 15 is 0 Å². The highest BCUT2D eigenvalue weighted by Gasteiger charge is 2.39. The smallest absolute Gasteiger partial charge is 0.391 e. The molecule has 1 aliphatic rings. The number of carbonyl (C=O) groups excluding carboxylic acids is 2. The fourth-order valence-corrected chi connectivity index (χ4v) is 3.71. The number of alkyl halides is 3. The van der Waals surface area contributed by atoms with Crippen molar-refractivity contribution in [1.82, 2.24) is 15.5 Å². The molecule has 31 heavy (non-hydrogen) atoms. The summed E-state index contributed by atoms with van der Waals surface area (Å²) in [7, 11) is 0.